The molecule has 0 fully saturated rings. The number of aromatic carboxylic acids is 2. The normalized spacial score (nSPS) is 11.2. The lowest BCUT2D eigenvalue weighted by Gasteiger charge is -2.16. The van der Waals surface area contributed by atoms with Gasteiger partial charge in [0.15, 0.2) is 11.5 Å². The fourth-order valence-corrected chi connectivity index (χ4v) is 3.28. The summed E-state index contributed by atoms with van der Waals surface area (Å²) in [6, 6.07) is 8.33. The highest BCUT2D eigenvalue weighted by Crippen LogP contribution is 2.37. The molecule has 0 unspecified atom stereocenters. The third-order valence-electron chi connectivity index (χ3n) is 4.77. The van der Waals surface area contributed by atoms with Gasteiger partial charge in [0.1, 0.15) is 23.6 Å². The van der Waals surface area contributed by atoms with E-state index in [1.165, 1.54) is 37.4 Å². The molecule has 0 spiro atoms. The zero-order chi connectivity index (χ0) is 25.2. The first-order valence-corrected chi connectivity index (χ1v) is 9.43. The first-order valence-electron chi connectivity index (χ1n) is 9.43. The Morgan fingerprint density at radius 1 is 1.03 bits per heavy atom. The number of hydrogen-bond donors (Lipinski definition) is 4. The molecule has 0 amide bonds. The second kappa shape index (κ2) is 9.17. The molecule has 0 aliphatic heterocycles. The van der Waals surface area contributed by atoms with Crippen LogP contribution in [0, 0.1) is 0 Å². The predicted octanol–water partition coefficient (Wildman–Crippen LogP) is 3.63. The molecule has 1 heterocycles. The van der Waals surface area contributed by atoms with E-state index in [1.54, 1.807) is 0 Å². The van der Waals surface area contributed by atoms with Crippen LogP contribution in [-0.2, 0) is 12.8 Å². The van der Waals surface area contributed by atoms with Crippen LogP contribution in [0.25, 0.3) is 11.1 Å². The third-order valence-corrected chi connectivity index (χ3v) is 4.77. The van der Waals surface area contributed by atoms with Crippen molar-refractivity contribution in [2.45, 2.75) is 12.8 Å². The van der Waals surface area contributed by atoms with Crippen molar-refractivity contribution in [2.75, 3.05) is 12.8 Å². The van der Waals surface area contributed by atoms with Crippen LogP contribution in [0.1, 0.15) is 31.8 Å². The van der Waals surface area contributed by atoms with Crippen molar-refractivity contribution in [3.8, 4) is 22.6 Å². The maximum Gasteiger partial charge on any atom is 0.416 e. The number of H-pyrrole nitrogens is 1. The van der Waals surface area contributed by atoms with Gasteiger partial charge in [0.2, 0.25) is 0 Å². The van der Waals surface area contributed by atoms with Gasteiger partial charge in [0.05, 0.1) is 12.7 Å². The van der Waals surface area contributed by atoms with E-state index in [2.05, 4.69) is 0 Å². The van der Waals surface area contributed by atoms with Crippen molar-refractivity contribution < 1.29 is 42.4 Å². The topological polar surface area (TPSA) is 152 Å². The predicted molar refractivity (Wildman–Crippen MR) is 113 cm³/mol. The standard InChI is InChI=1S/C22H17F3N2O7/c1-33-14-8-11(15-16(20(29)30)18(26)27-19(28)17(15)21(31)32)5-6-13(14)34-9-10-3-2-4-12(7-10)22(23,24)25/h2-8H,9H2,1H3,(H,29,30)(H,31,32)(H3,26,27,28). The van der Waals surface area contributed by atoms with Gasteiger partial charge in [-0.3, -0.25) is 4.79 Å². The number of aromatic nitrogens is 1. The van der Waals surface area contributed by atoms with E-state index in [1.807, 2.05) is 4.98 Å². The number of aromatic amines is 1. The summed E-state index contributed by atoms with van der Waals surface area (Å²) in [6.07, 6.45) is -4.52. The van der Waals surface area contributed by atoms with Crippen molar-refractivity contribution in [3.63, 3.8) is 0 Å². The molecule has 0 radical (unpaired) electrons. The monoisotopic (exact) mass is 478 g/mol. The number of rotatable bonds is 7. The van der Waals surface area contributed by atoms with Crippen molar-refractivity contribution in [3.05, 3.63) is 75.1 Å². The number of methoxy groups -OCH3 is 1. The summed E-state index contributed by atoms with van der Waals surface area (Å²) in [7, 11) is 1.25. The Hall–Kier alpha value is -4.48. The number of anilines is 1. The average Bonchev–Trinajstić information content (AvgIpc) is 2.76. The number of benzene rings is 2. The van der Waals surface area contributed by atoms with Gasteiger partial charge in [-0.2, -0.15) is 13.2 Å². The molecular formula is C22H17F3N2O7. The Bertz CT molecular complexity index is 1330. The fraction of sp³-hybridized carbons (Fsp3) is 0.136. The minimum atomic E-state index is -4.52. The summed E-state index contributed by atoms with van der Waals surface area (Å²) in [5.74, 6) is -3.70. The number of hydrogen-bond acceptors (Lipinski definition) is 6. The summed E-state index contributed by atoms with van der Waals surface area (Å²) < 4.78 is 49.5. The minimum Gasteiger partial charge on any atom is -0.493 e. The zero-order valence-electron chi connectivity index (χ0n) is 17.4. The molecule has 0 atom stereocenters. The van der Waals surface area contributed by atoms with Crippen molar-refractivity contribution in [2.24, 2.45) is 0 Å². The smallest absolute Gasteiger partial charge is 0.416 e. The summed E-state index contributed by atoms with van der Waals surface area (Å²) in [4.78, 5) is 37.6. The zero-order valence-corrected chi connectivity index (χ0v) is 17.4. The molecule has 0 saturated carbocycles. The van der Waals surface area contributed by atoms with E-state index in [0.29, 0.717) is 0 Å². The first-order chi connectivity index (χ1) is 15.9. The Balaban J connectivity index is 2.04. The molecule has 5 N–H and O–H groups in total. The van der Waals surface area contributed by atoms with Gasteiger partial charge in [-0.25, -0.2) is 9.59 Å². The molecule has 178 valence electrons. The first kappa shape index (κ1) is 24.2. The molecule has 2 aromatic carbocycles. The van der Waals surface area contributed by atoms with Gasteiger partial charge in [-0.1, -0.05) is 18.2 Å². The number of carboxylic acids is 2. The lowest BCUT2D eigenvalue weighted by Crippen LogP contribution is -2.24. The minimum absolute atomic E-state index is 0.0102. The highest BCUT2D eigenvalue weighted by molar-refractivity contribution is 6.07. The molecule has 9 nitrogen and oxygen atoms in total. The number of halogens is 3. The quantitative estimate of drug-likeness (QED) is 0.402. The van der Waals surface area contributed by atoms with Crippen LogP contribution < -0.4 is 20.8 Å². The number of nitrogens with one attached hydrogen (secondary N) is 1. The Labute approximate surface area is 189 Å². The molecule has 0 saturated heterocycles. The number of ether oxygens (including phenoxy) is 2. The summed E-state index contributed by atoms with van der Waals surface area (Å²) in [6.45, 7) is -0.252. The molecule has 12 heteroatoms. The molecule has 3 rings (SSSR count). The average molecular weight is 478 g/mol. The van der Waals surface area contributed by atoms with Crippen molar-refractivity contribution in [1.29, 1.82) is 0 Å². The van der Waals surface area contributed by atoms with Crippen molar-refractivity contribution in [1.82, 2.24) is 4.98 Å². The number of nitrogens with two attached hydrogens (primary N) is 1. The lowest BCUT2D eigenvalue weighted by molar-refractivity contribution is -0.137. The van der Waals surface area contributed by atoms with Crippen molar-refractivity contribution >= 4 is 17.8 Å². The Kier molecular flexibility index (Phi) is 6.52. The Morgan fingerprint density at radius 3 is 2.29 bits per heavy atom. The largest absolute Gasteiger partial charge is 0.493 e. The summed E-state index contributed by atoms with van der Waals surface area (Å²) in [5, 5.41) is 19.0. The third kappa shape index (κ3) is 4.80. The highest BCUT2D eigenvalue weighted by atomic mass is 19.4. The molecule has 3 aromatic rings. The van der Waals surface area contributed by atoms with E-state index in [4.69, 9.17) is 15.2 Å². The van der Waals surface area contributed by atoms with Gasteiger partial charge in [0, 0.05) is 5.56 Å². The summed E-state index contributed by atoms with van der Waals surface area (Å²) >= 11 is 0. The van der Waals surface area contributed by atoms with Crippen LogP contribution in [0.2, 0.25) is 0 Å². The number of carbonyl (C=O) groups is 2. The molecule has 0 aliphatic rings. The molecule has 0 bridgehead atoms. The second-order valence-electron chi connectivity index (χ2n) is 6.96. The fourth-order valence-electron chi connectivity index (χ4n) is 3.28. The van der Waals surface area contributed by atoms with E-state index in [-0.39, 0.29) is 29.2 Å². The van der Waals surface area contributed by atoms with E-state index < -0.39 is 51.7 Å². The molecule has 34 heavy (non-hydrogen) atoms. The van der Waals surface area contributed by atoms with Gasteiger partial charge in [-0.05, 0) is 35.4 Å². The maximum absolute atomic E-state index is 12.9. The maximum atomic E-state index is 12.9. The van der Waals surface area contributed by atoms with Crippen LogP contribution >= 0.6 is 0 Å². The van der Waals surface area contributed by atoms with Gasteiger partial charge in [-0.15, -0.1) is 0 Å². The SMILES string of the molecule is COc1cc(-c2c(C(=O)O)c(N)[nH]c(=O)c2C(=O)O)ccc1OCc1cccc(C(F)(F)F)c1. The van der Waals surface area contributed by atoms with Crippen LogP contribution in [0.4, 0.5) is 19.0 Å². The van der Waals surface area contributed by atoms with Crippen LogP contribution in [0.3, 0.4) is 0 Å². The van der Waals surface area contributed by atoms with Gasteiger partial charge in [0.25, 0.3) is 5.56 Å². The van der Waals surface area contributed by atoms with Gasteiger partial charge >= 0.3 is 18.1 Å². The van der Waals surface area contributed by atoms with Crippen LogP contribution in [0.5, 0.6) is 11.5 Å². The van der Waals surface area contributed by atoms with Crippen LogP contribution in [0.15, 0.2) is 47.3 Å². The number of nitrogen functional groups attached to an aromatic ring is 1. The lowest BCUT2D eigenvalue weighted by atomic mass is 9.95. The highest BCUT2D eigenvalue weighted by Gasteiger charge is 2.30. The number of pyridine rings is 1. The number of carboxylic acid groups (broad SMARTS) is 2. The summed E-state index contributed by atoms with van der Waals surface area (Å²) in [5.41, 5.74) is 1.97. The molecule has 0 aliphatic carbocycles. The Morgan fingerprint density at radius 2 is 1.71 bits per heavy atom. The van der Waals surface area contributed by atoms with Crippen LogP contribution in [-0.4, -0.2) is 34.2 Å². The van der Waals surface area contributed by atoms with E-state index >= 15 is 0 Å². The van der Waals surface area contributed by atoms with E-state index in [9.17, 15) is 37.8 Å². The van der Waals surface area contributed by atoms with E-state index in [0.717, 1.165) is 12.1 Å². The van der Waals surface area contributed by atoms with Gasteiger partial charge < -0.3 is 30.4 Å². The molecule has 1 aromatic heterocycles. The second-order valence-corrected chi connectivity index (χ2v) is 6.96. The number of alkyl halides is 3. The molecular weight excluding hydrogens is 461 g/mol.